The van der Waals surface area contributed by atoms with Crippen molar-refractivity contribution < 1.29 is 9.47 Å². The molecule has 0 saturated heterocycles. The van der Waals surface area contributed by atoms with Gasteiger partial charge in [-0.1, -0.05) is 25.5 Å². The van der Waals surface area contributed by atoms with Gasteiger partial charge in [0.05, 0.1) is 0 Å². The van der Waals surface area contributed by atoms with Crippen LogP contribution in [0.4, 0.5) is 0 Å². The summed E-state index contributed by atoms with van der Waals surface area (Å²) in [6, 6.07) is 5.92. The molecule has 1 aliphatic heterocycles. The minimum atomic E-state index is 0. The lowest BCUT2D eigenvalue weighted by Gasteiger charge is -2.12. The first-order chi connectivity index (χ1) is 6.83. The van der Waals surface area contributed by atoms with Crippen LogP contribution in [0.15, 0.2) is 18.2 Å². The number of fused-ring (bicyclic) bond motifs is 1. The van der Waals surface area contributed by atoms with Crippen molar-refractivity contribution in [2.45, 2.75) is 25.8 Å². The topological polar surface area (TPSA) is 44.5 Å². The molecule has 0 aliphatic carbocycles. The summed E-state index contributed by atoms with van der Waals surface area (Å²) in [6.07, 6.45) is 2.05. The molecule has 4 heteroatoms. The average molecular weight is 230 g/mol. The summed E-state index contributed by atoms with van der Waals surface area (Å²) in [4.78, 5) is 0. The van der Waals surface area contributed by atoms with E-state index >= 15 is 0 Å². The maximum absolute atomic E-state index is 6.04. The first-order valence-corrected chi connectivity index (χ1v) is 4.97. The minimum Gasteiger partial charge on any atom is -0.454 e. The zero-order valence-corrected chi connectivity index (χ0v) is 9.55. The van der Waals surface area contributed by atoms with Crippen molar-refractivity contribution in [3.8, 4) is 11.5 Å². The molecule has 1 aromatic carbocycles. The Morgan fingerprint density at radius 1 is 1.40 bits per heavy atom. The van der Waals surface area contributed by atoms with Gasteiger partial charge in [-0.2, -0.15) is 0 Å². The van der Waals surface area contributed by atoms with Gasteiger partial charge in [-0.15, -0.1) is 12.4 Å². The van der Waals surface area contributed by atoms with Gasteiger partial charge in [0.2, 0.25) is 6.79 Å². The quantitative estimate of drug-likeness (QED) is 0.867. The van der Waals surface area contributed by atoms with Crippen LogP contribution in [0.1, 0.15) is 31.4 Å². The number of para-hydroxylation sites is 1. The van der Waals surface area contributed by atoms with Gasteiger partial charge < -0.3 is 15.2 Å². The van der Waals surface area contributed by atoms with Crippen molar-refractivity contribution in [2.24, 2.45) is 5.73 Å². The molecule has 2 rings (SSSR count). The average Bonchev–Trinajstić information content (AvgIpc) is 2.65. The van der Waals surface area contributed by atoms with Crippen LogP contribution in [0.25, 0.3) is 0 Å². The van der Waals surface area contributed by atoms with E-state index in [1.54, 1.807) is 0 Å². The number of halogens is 1. The van der Waals surface area contributed by atoms with Gasteiger partial charge in [0.25, 0.3) is 0 Å². The molecule has 1 aromatic rings. The third kappa shape index (κ3) is 2.36. The van der Waals surface area contributed by atoms with Crippen LogP contribution in [0.5, 0.6) is 11.5 Å². The van der Waals surface area contributed by atoms with Crippen LogP contribution in [0, 0.1) is 0 Å². The van der Waals surface area contributed by atoms with Gasteiger partial charge in [0.15, 0.2) is 11.5 Å². The maximum atomic E-state index is 6.04. The highest BCUT2D eigenvalue weighted by molar-refractivity contribution is 5.85. The second-order valence-electron chi connectivity index (χ2n) is 3.48. The predicted octanol–water partition coefficient (Wildman–Crippen LogP) is 2.64. The molecule has 0 bridgehead atoms. The number of ether oxygens (including phenoxy) is 2. The Morgan fingerprint density at radius 2 is 2.20 bits per heavy atom. The Bertz CT molecular complexity index is 330. The lowest BCUT2D eigenvalue weighted by atomic mass is 10.0. The normalized spacial score (nSPS) is 14.5. The van der Waals surface area contributed by atoms with Crippen LogP contribution in [-0.2, 0) is 0 Å². The molecule has 0 radical (unpaired) electrons. The summed E-state index contributed by atoms with van der Waals surface area (Å²) in [5.41, 5.74) is 7.10. The lowest BCUT2D eigenvalue weighted by Crippen LogP contribution is -2.10. The summed E-state index contributed by atoms with van der Waals surface area (Å²) in [5.74, 6) is 1.64. The summed E-state index contributed by atoms with van der Waals surface area (Å²) in [6.45, 7) is 2.44. The number of benzene rings is 1. The maximum Gasteiger partial charge on any atom is 0.231 e. The summed E-state index contributed by atoms with van der Waals surface area (Å²) >= 11 is 0. The molecule has 0 saturated carbocycles. The monoisotopic (exact) mass is 229 g/mol. The van der Waals surface area contributed by atoms with Gasteiger partial charge in [0.1, 0.15) is 0 Å². The van der Waals surface area contributed by atoms with E-state index in [9.17, 15) is 0 Å². The van der Waals surface area contributed by atoms with Gasteiger partial charge in [-0.3, -0.25) is 0 Å². The van der Waals surface area contributed by atoms with Gasteiger partial charge in [-0.25, -0.2) is 0 Å². The highest BCUT2D eigenvalue weighted by atomic mass is 35.5. The Labute approximate surface area is 96.0 Å². The standard InChI is InChI=1S/C11H15NO2.ClH/c1-2-4-9(12)8-5-3-6-10-11(8)14-7-13-10;/h3,5-6,9H,2,4,7,12H2,1H3;1H/t9-;/m1./s1. The van der Waals surface area contributed by atoms with E-state index in [4.69, 9.17) is 15.2 Å². The Hall–Kier alpha value is -0.930. The molecule has 0 fully saturated rings. The smallest absolute Gasteiger partial charge is 0.231 e. The molecule has 1 atom stereocenters. The van der Waals surface area contributed by atoms with Gasteiger partial charge >= 0.3 is 0 Å². The molecule has 0 aromatic heterocycles. The number of nitrogens with two attached hydrogens (primary N) is 1. The molecule has 3 nitrogen and oxygen atoms in total. The van der Waals surface area contributed by atoms with Crippen molar-refractivity contribution in [3.63, 3.8) is 0 Å². The lowest BCUT2D eigenvalue weighted by molar-refractivity contribution is 0.173. The van der Waals surface area contributed by atoms with Crippen molar-refractivity contribution in [3.05, 3.63) is 23.8 Å². The largest absolute Gasteiger partial charge is 0.454 e. The van der Waals surface area contributed by atoms with E-state index in [0.717, 1.165) is 29.9 Å². The fourth-order valence-electron chi connectivity index (χ4n) is 1.71. The fraction of sp³-hybridized carbons (Fsp3) is 0.455. The van der Waals surface area contributed by atoms with E-state index in [2.05, 4.69) is 6.92 Å². The third-order valence-corrected chi connectivity index (χ3v) is 2.43. The van der Waals surface area contributed by atoms with Gasteiger partial charge in [-0.05, 0) is 12.5 Å². The van der Waals surface area contributed by atoms with E-state index in [0.29, 0.717) is 6.79 Å². The molecule has 84 valence electrons. The minimum absolute atomic E-state index is 0. The van der Waals surface area contributed by atoms with Crippen molar-refractivity contribution in [1.29, 1.82) is 0 Å². The molecule has 1 heterocycles. The fourth-order valence-corrected chi connectivity index (χ4v) is 1.71. The van der Waals surface area contributed by atoms with E-state index in [1.807, 2.05) is 18.2 Å². The third-order valence-electron chi connectivity index (χ3n) is 2.43. The summed E-state index contributed by atoms with van der Waals surface area (Å²) < 4.78 is 10.7. The Kier molecular flexibility index (Phi) is 4.24. The van der Waals surface area contributed by atoms with E-state index < -0.39 is 0 Å². The molecule has 0 unspecified atom stereocenters. The van der Waals surface area contributed by atoms with Crippen LogP contribution in [0.3, 0.4) is 0 Å². The molecule has 1 aliphatic rings. The summed E-state index contributed by atoms with van der Waals surface area (Å²) in [7, 11) is 0. The van der Waals surface area contributed by atoms with Crippen molar-refractivity contribution in [1.82, 2.24) is 0 Å². The van der Waals surface area contributed by atoms with Crippen LogP contribution in [0.2, 0.25) is 0 Å². The van der Waals surface area contributed by atoms with E-state index in [1.165, 1.54) is 0 Å². The zero-order chi connectivity index (χ0) is 9.97. The molecule has 0 spiro atoms. The molecule has 15 heavy (non-hydrogen) atoms. The Balaban J connectivity index is 0.00000112. The first-order valence-electron chi connectivity index (χ1n) is 4.97. The Morgan fingerprint density at radius 3 is 2.93 bits per heavy atom. The number of hydrogen-bond acceptors (Lipinski definition) is 3. The molecular weight excluding hydrogens is 214 g/mol. The molecule has 0 amide bonds. The van der Waals surface area contributed by atoms with Crippen LogP contribution >= 0.6 is 12.4 Å². The number of rotatable bonds is 3. The molecular formula is C11H16ClNO2. The molecule has 2 N–H and O–H groups in total. The first kappa shape index (κ1) is 12.1. The van der Waals surface area contributed by atoms with Gasteiger partial charge in [0, 0.05) is 11.6 Å². The van der Waals surface area contributed by atoms with E-state index in [-0.39, 0.29) is 18.4 Å². The zero-order valence-electron chi connectivity index (χ0n) is 8.73. The second-order valence-corrected chi connectivity index (χ2v) is 3.48. The van der Waals surface area contributed by atoms with Crippen molar-refractivity contribution >= 4 is 12.4 Å². The van der Waals surface area contributed by atoms with Crippen LogP contribution < -0.4 is 15.2 Å². The second kappa shape index (κ2) is 5.24. The van der Waals surface area contributed by atoms with Crippen LogP contribution in [-0.4, -0.2) is 6.79 Å². The summed E-state index contributed by atoms with van der Waals surface area (Å²) in [5, 5.41) is 0. The van der Waals surface area contributed by atoms with Crippen molar-refractivity contribution in [2.75, 3.05) is 6.79 Å². The highest BCUT2D eigenvalue weighted by Crippen LogP contribution is 2.38. The predicted molar refractivity (Wildman–Crippen MR) is 61.6 cm³/mol. The SMILES string of the molecule is CCC[C@@H](N)c1cccc2c1OCO2.Cl. The number of hydrogen-bond donors (Lipinski definition) is 1. The highest BCUT2D eigenvalue weighted by Gasteiger charge is 2.20.